The summed E-state index contributed by atoms with van der Waals surface area (Å²) >= 11 is 0. The summed E-state index contributed by atoms with van der Waals surface area (Å²) in [4.78, 5) is 0. The SMILES string of the molecule is CCCC#CC(O)c1ccco1. The van der Waals surface area contributed by atoms with Gasteiger partial charge >= 0.3 is 0 Å². The van der Waals surface area contributed by atoms with Crippen molar-refractivity contribution < 1.29 is 9.52 Å². The van der Waals surface area contributed by atoms with Crippen molar-refractivity contribution in [1.29, 1.82) is 0 Å². The Morgan fingerprint density at radius 3 is 3.08 bits per heavy atom. The quantitative estimate of drug-likeness (QED) is 0.679. The molecule has 1 N–H and O–H groups in total. The van der Waals surface area contributed by atoms with Gasteiger partial charge in [0, 0.05) is 6.42 Å². The second-order valence-corrected chi connectivity index (χ2v) is 2.49. The van der Waals surface area contributed by atoms with Gasteiger partial charge < -0.3 is 9.52 Å². The Hall–Kier alpha value is -1.20. The minimum Gasteiger partial charge on any atom is -0.466 e. The molecule has 12 heavy (non-hydrogen) atoms. The summed E-state index contributed by atoms with van der Waals surface area (Å²) in [5, 5.41) is 9.37. The van der Waals surface area contributed by atoms with Crippen molar-refractivity contribution in [3.63, 3.8) is 0 Å². The van der Waals surface area contributed by atoms with Crippen molar-refractivity contribution in [3.05, 3.63) is 24.2 Å². The van der Waals surface area contributed by atoms with E-state index in [1.165, 1.54) is 6.26 Å². The number of aliphatic hydroxyl groups is 1. The van der Waals surface area contributed by atoms with E-state index in [0.717, 1.165) is 12.8 Å². The molecule has 0 saturated heterocycles. The fourth-order valence-corrected chi connectivity index (χ4v) is 0.812. The molecule has 0 radical (unpaired) electrons. The second-order valence-electron chi connectivity index (χ2n) is 2.49. The summed E-state index contributed by atoms with van der Waals surface area (Å²) in [5.74, 6) is 6.07. The molecule has 64 valence electrons. The van der Waals surface area contributed by atoms with E-state index in [1.54, 1.807) is 12.1 Å². The summed E-state index contributed by atoms with van der Waals surface area (Å²) in [6.07, 6.45) is 2.59. The van der Waals surface area contributed by atoms with Gasteiger partial charge in [0.05, 0.1) is 6.26 Å². The monoisotopic (exact) mass is 164 g/mol. The zero-order chi connectivity index (χ0) is 8.81. The highest BCUT2D eigenvalue weighted by Gasteiger charge is 2.04. The van der Waals surface area contributed by atoms with Crippen LogP contribution in [0.1, 0.15) is 31.6 Å². The van der Waals surface area contributed by atoms with Gasteiger partial charge in [0.2, 0.25) is 0 Å². The van der Waals surface area contributed by atoms with Crippen LogP contribution in [-0.4, -0.2) is 5.11 Å². The molecule has 0 aliphatic heterocycles. The van der Waals surface area contributed by atoms with Gasteiger partial charge in [0.1, 0.15) is 5.76 Å². The van der Waals surface area contributed by atoms with Crippen LogP contribution >= 0.6 is 0 Å². The molecule has 0 aliphatic rings. The van der Waals surface area contributed by atoms with Crippen LogP contribution < -0.4 is 0 Å². The van der Waals surface area contributed by atoms with Gasteiger partial charge in [0.25, 0.3) is 0 Å². The third-order valence-electron chi connectivity index (χ3n) is 1.43. The predicted octanol–water partition coefficient (Wildman–Crippen LogP) is 2.12. The zero-order valence-corrected chi connectivity index (χ0v) is 7.08. The molecule has 1 atom stereocenters. The van der Waals surface area contributed by atoms with Crippen molar-refractivity contribution in [3.8, 4) is 11.8 Å². The molecule has 2 heteroatoms. The van der Waals surface area contributed by atoms with Gasteiger partial charge in [-0.25, -0.2) is 0 Å². The lowest BCUT2D eigenvalue weighted by atomic mass is 10.2. The molecule has 0 fully saturated rings. The molecular weight excluding hydrogens is 152 g/mol. The average molecular weight is 164 g/mol. The minimum absolute atomic E-state index is 0.513. The third-order valence-corrected chi connectivity index (χ3v) is 1.43. The zero-order valence-electron chi connectivity index (χ0n) is 7.08. The highest BCUT2D eigenvalue weighted by Crippen LogP contribution is 2.11. The highest BCUT2D eigenvalue weighted by atomic mass is 16.4. The number of hydrogen-bond donors (Lipinski definition) is 1. The molecule has 1 unspecified atom stereocenters. The Kier molecular flexibility index (Phi) is 3.43. The molecule has 1 aromatic heterocycles. The lowest BCUT2D eigenvalue weighted by molar-refractivity contribution is 0.206. The molecule has 2 nitrogen and oxygen atoms in total. The van der Waals surface area contributed by atoms with Gasteiger partial charge in [0.15, 0.2) is 6.10 Å². The van der Waals surface area contributed by atoms with Gasteiger partial charge in [-0.15, -0.1) is 5.92 Å². The Labute approximate surface area is 72.2 Å². The normalized spacial score (nSPS) is 11.8. The maximum atomic E-state index is 9.37. The van der Waals surface area contributed by atoms with Crippen LogP contribution in [0.25, 0.3) is 0 Å². The largest absolute Gasteiger partial charge is 0.466 e. The van der Waals surface area contributed by atoms with Crippen LogP contribution in [-0.2, 0) is 0 Å². The highest BCUT2D eigenvalue weighted by molar-refractivity contribution is 5.15. The standard InChI is InChI=1S/C10H12O2/c1-2-3-4-6-9(11)10-7-5-8-12-10/h5,7-9,11H,2-3H2,1H3. The van der Waals surface area contributed by atoms with E-state index in [-0.39, 0.29) is 0 Å². The first-order chi connectivity index (χ1) is 5.84. The maximum absolute atomic E-state index is 9.37. The Morgan fingerprint density at radius 2 is 2.50 bits per heavy atom. The van der Waals surface area contributed by atoms with E-state index in [1.807, 2.05) is 6.92 Å². The molecule has 0 amide bonds. The lowest BCUT2D eigenvalue weighted by Gasteiger charge is -1.95. The number of aliphatic hydroxyl groups excluding tert-OH is 1. The van der Waals surface area contributed by atoms with E-state index >= 15 is 0 Å². The fraction of sp³-hybridized carbons (Fsp3) is 0.400. The Morgan fingerprint density at radius 1 is 1.67 bits per heavy atom. The second kappa shape index (κ2) is 4.63. The Bertz CT molecular complexity index is 264. The van der Waals surface area contributed by atoms with Crippen LogP contribution in [0.2, 0.25) is 0 Å². The molecule has 0 bridgehead atoms. The van der Waals surface area contributed by atoms with Gasteiger partial charge in [-0.3, -0.25) is 0 Å². The molecule has 0 saturated carbocycles. The smallest absolute Gasteiger partial charge is 0.172 e. The van der Waals surface area contributed by atoms with Gasteiger partial charge in [-0.05, 0) is 18.6 Å². The lowest BCUT2D eigenvalue weighted by Crippen LogP contribution is -1.89. The maximum Gasteiger partial charge on any atom is 0.172 e. The number of unbranched alkanes of at least 4 members (excludes halogenated alkanes) is 1. The molecule has 1 heterocycles. The summed E-state index contributed by atoms with van der Waals surface area (Å²) in [6, 6.07) is 3.45. The fourth-order valence-electron chi connectivity index (χ4n) is 0.812. The molecule has 1 aromatic rings. The molecular formula is C10H12O2. The van der Waals surface area contributed by atoms with Crippen LogP contribution in [0.4, 0.5) is 0 Å². The molecule has 0 aromatic carbocycles. The third kappa shape index (κ3) is 2.44. The summed E-state index contributed by atoms with van der Waals surface area (Å²) in [5.41, 5.74) is 0. The first-order valence-electron chi connectivity index (χ1n) is 4.04. The van der Waals surface area contributed by atoms with Crippen LogP contribution in [0, 0.1) is 11.8 Å². The minimum atomic E-state index is -0.772. The van der Waals surface area contributed by atoms with Crippen LogP contribution in [0.5, 0.6) is 0 Å². The Balaban J connectivity index is 2.51. The van der Waals surface area contributed by atoms with Gasteiger partial charge in [-0.1, -0.05) is 12.8 Å². The van der Waals surface area contributed by atoms with E-state index in [2.05, 4.69) is 11.8 Å². The number of rotatable bonds is 2. The van der Waals surface area contributed by atoms with E-state index < -0.39 is 6.10 Å². The predicted molar refractivity (Wildman–Crippen MR) is 46.4 cm³/mol. The molecule has 1 rings (SSSR count). The van der Waals surface area contributed by atoms with Crippen molar-refractivity contribution in [1.82, 2.24) is 0 Å². The topological polar surface area (TPSA) is 33.4 Å². The average Bonchev–Trinajstić information content (AvgIpc) is 2.56. The summed E-state index contributed by atoms with van der Waals surface area (Å²) in [7, 11) is 0. The van der Waals surface area contributed by atoms with Crippen LogP contribution in [0.3, 0.4) is 0 Å². The summed E-state index contributed by atoms with van der Waals surface area (Å²) in [6.45, 7) is 2.05. The number of furan rings is 1. The van der Waals surface area contributed by atoms with Crippen molar-refractivity contribution >= 4 is 0 Å². The summed E-state index contributed by atoms with van der Waals surface area (Å²) < 4.78 is 4.97. The van der Waals surface area contributed by atoms with Crippen molar-refractivity contribution in [2.45, 2.75) is 25.9 Å². The van der Waals surface area contributed by atoms with E-state index in [4.69, 9.17) is 4.42 Å². The van der Waals surface area contributed by atoms with E-state index in [0.29, 0.717) is 5.76 Å². The number of hydrogen-bond acceptors (Lipinski definition) is 2. The first kappa shape index (κ1) is 8.89. The first-order valence-corrected chi connectivity index (χ1v) is 4.04. The van der Waals surface area contributed by atoms with Crippen LogP contribution in [0.15, 0.2) is 22.8 Å². The van der Waals surface area contributed by atoms with E-state index in [9.17, 15) is 5.11 Å². The van der Waals surface area contributed by atoms with Crippen molar-refractivity contribution in [2.24, 2.45) is 0 Å². The van der Waals surface area contributed by atoms with Gasteiger partial charge in [-0.2, -0.15) is 0 Å². The molecule has 0 aliphatic carbocycles. The molecule has 0 spiro atoms. The van der Waals surface area contributed by atoms with Crippen molar-refractivity contribution in [2.75, 3.05) is 0 Å².